The van der Waals surface area contributed by atoms with E-state index in [0.29, 0.717) is 6.42 Å². The van der Waals surface area contributed by atoms with Gasteiger partial charge >= 0.3 is 41.6 Å². The summed E-state index contributed by atoms with van der Waals surface area (Å²) in [7, 11) is -4.37. The molecule has 0 saturated carbocycles. The molecule has 0 saturated heterocycles. The van der Waals surface area contributed by atoms with E-state index in [1.54, 1.807) is 13.8 Å². The van der Waals surface area contributed by atoms with Crippen molar-refractivity contribution in [1.29, 1.82) is 0 Å². The van der Waals surface area contributed by atoms with Gasteiger partial charge < -0.3 is 19.3 Å². The molecule has 118 valence electrons. The molecule has 0 aliphatic carbocycles. The van der Waals surface area contributed by atoms with Gasteiger partial charge in [0, 0.05) is 6.54 Å². The minimum absolute atomic E-state index is 0. The van der Waals surface area contributed by atoms with Crippen LogP contribution in [0.4, 0.5) is 4.79 Å². The quantitative estimate of drug-likeness (QED) is 0.221. The first-order chi connectivity index (χ1) is 9.08. The number of hydrogen-bond donors (Lipinski definition) is 1. The van der Waals surface area contributed by atoms with Crippen LogP contribution < -0.4 is 34.9 Å². The maximum Gasteiger partial charge on any atom is 1.00 e. The van der Waals surface area contributed by atoms with E-state index in [-0.39, 0.29) is 55.3 Å². The van der Waals surface area contributed by atoms with E-state index in [1.807, 2.05) is 6.92 Å². The Labute approximate surface area is 147 Å². The van der Waals surface area contributed by atoms with Crippen molar-refractivity contribution in [2.75, 3.05) is 25.5 Å². The maximum atomic E-state index is 11.5. The van der Waals surface area contributed by atoms with E-state index in [1.165, 1.54) is 0 Å². The number of hydrogen-bond acceptors (Lipinski definition) is 7. The summed E-state index contributed by atoms with van der Waals surface area (Å²) in [5, 5.41) is 2.09. The molecular weight excluding hydrogens is 313 g/mol. The first-order valence-corrected chi connectivity index (χ1v) is 7.67. The van der Waals surface area contributed by atoms with Crippen LogP contribution in [0, 0.1) is 5.41 Å². The number of carbonyl (C=O) groups excluding carboxylic acids is 2. The van der Waals surface area contributed by atoms with Crippen LogP contribution in [0.2, 0.25) is 0 Å². The Morgan fingerprint density at radius 1 is 1.19 bits per heavy atom. The molecule has 0 radical (unpaired) electrons. The molecule has 0 aromatic carbocycles. The second-order valence-corrected chi connectivity index (χ2v) is 6.22. The Kier molecular flexibility index (Phi) is 11.3. The van der Waals surface area contributed by atoms with E-state index in [2.05, 4.69) is 10.1 Å². The molecule has 0 aliphatic rings. The van der Waals surface area contributed by atoms with Gasteiger partial charge in [0.25, 0.3) is 0 Å². The summed E-state index contributed by atoms with van der Waals surface area (Å²) < 4.78 is 40.3. The molecule has 0 heterocycles. The van der Waals surface area contributed by atoms with Crippen molar-refractivity contribution in [2.24, 2.45) is 5.41 Å². The number of amides is 1. The molecule has 0 aromatic heterocycles. The van der Waals surface area contributed by atoms with Crippen molar-refractivity contribution in [3.05, 3.63) is 0 Å². The van der Waals surface area contributed by atoms with Crippen molar-refractivity contribution >= 4 is 22.2 Å². The fourth-order valence-corrected chi connectivity index (χ4v) is 1.29. The van der Waals surface area contributed by atoms with Gasteiger partial charge in [0.2, 0.25) is 0 Å². The smallest absolute Gasteiger partial charge is 0.748 e. The summed E-state index contributed by atoms with van der Waals surface area (Å²) in [6.07, 6.45) is -0.254. The first-order valence-electron chi connectivity index (χ1n) is 6.10. The van der Waals surface area contributed by atoms with Crippen molar-refractivity contribution in [3.63, 3.8) is 0 Å². The molecule has 1 amide bonds. The average molecular weight is 333 g/mol. The van der Waals surface area contributed by atoms with Gasteiger partial charge in [-0.05, 0) is 20.3 Å². The van der Waals surface area contributed by atoms with Gasteiger partial charge in [-0.25, -0.2) is 13.2 Å². The third kappa shape index (κ3) is 11.9. The van der Waals surface area contributed by atoms with Crippen LogP contribution in [0.3, 0.4) is 0 Å². The maximum absolute atomic E-state index is 11.5. The largest absolute Gasteiger partial charge is 1.00 e. The fraction of sp³-hybridized carbons (Fsp3) is 0.818. The number of nitrogens with one attached hydrogen (secondary N) is 1. The molecule has 0 aromatic rings. The molecule has 0 atom stereocenters. The Balaban J connectivity index is 0. The zero-order chi connectivity index (χ0) is 15.8. The molecule has 10 heteroatoms. The van der Waals surface area contributed by atoms with Gasteiger partial charge in [0.05, 0.1) is 21.3 Å². The van der Waals surface area contributed by atoms with Crippen molar-refractivity contribution in [1.82, 2.24) is 5.32 Å². The van der Waals surface area contributed by atoms with Gasteiger partial charge in [-0.3, -0.25) is 4.79 Å². The molecular formula is C11H20NNaO7S. The molecule has 1 N–H and O–H groups in total. The van der Waals surface area contributed by atoms with Crippen molar-refractivity contribution in [3.8, 4) is 0 Å². The van der Waals surface area contributed by atoms with Gasteiger partial charge in [0.15, 0.2) is 0 Å². The zero-order valence-electron chi connectivity index (χ0n) is 12.8. The Morgan fingerprint density at radius 3 is 2.19 bits per heavy atom. The minimum atomic E-state index is -4.37. The Morgan fingerprint density at radius 2 is 1.71 bits per heavy atom. The van der Waals surface area contributed by atoms with Gasteiger partial charge in [-0.1, -0.05) is 6.92 Å². The molecule has 0 unspecified atom stereocenters. The van der Waals surface area contributed by atoms with Crippen molar-refractivity contribution in [2.45, 2.75) is 27.2 Å². The van der Waals surface area contributed by atoms with E-state index >= 15 is 0 Å². The van der Waals surface area contributed by atoms with Crippen LogP contribution in [0.25, 0.3) is 0 Å². The number of ether oxygens (including phenoxy) is 2. The number of alkyl carbamates (subject to hydrolysis) is 1. The fourth-order valence-electron chi connectivity index (χ4n) is 0.938. The standard InChI is InChI=1S/C11H21NO7S.Na/c1-4-11(2,3)9(13)18-6-7-19-10(14)12-5-8-20(15,16)17;/h4-8H2,1-3H3,(H,12,14)(H,15,16,17);/q;+1/p-1. The van der Waals surface area contributed by atoms with Crippen LogP contribution in [0.15, 0.2) is 0 Å². The zero-order valence-corrected chi connectivity index (χ0v) is 15.6. The second-order valence-electron chi connectivity index (χ2n) is 4.70. The van der Waals surface area contributed by atoms with E-state index in [9.17, 15) is 22.6 Å². The van der Waals surface area contributed by atoms with Gasteiger partial charge in [0.1, 0.15) is 13.2 Å². The summed E-state index contributed by atoms with van der Waals surface area (Å²) in [6.45, 7) is 4.78. The monoisotopic (exact) mass is 333 g/mol. The Hall–Kier alpha value is -0.350. The normalized spacial score (nSPS) is 11.2. The summed E-state index contributed by atoms with van der Waals surface area (Å²) >= 11 is 0. The predicted molar refractivity (Wildman–Crippen MR) is 68.9 cm³/mol. The van der Waals surface area contributed by atoms with Crippen LogP contribution in [-0.4, -0.2) is 50.5 Å². The molecule has 0 fully saturated rings. The first kappa shape index (κ1) is 22.9. The molecule has 0 rings (SSSR count). The molecule has 21 heavy (non-hydrogen) atoms. The van der Waals surface area contributed by atoms with Crippen LogP contribution in [0.5, 0.6) is 0 Å². The van der Waals surface area contributed by atoms with Gasteiger partial charge in [-0.15, -0.1) is 0 Å². The summed E-state index contributed by atoms with van der Waals surface area (Å²) in [5.74, 6) is -1.09. The topological polar surface area (TPSA) is 122 Å². The molecule has 0 aliphatic heterocycles. The minimum Gasteiger partial charge on any atom is -0.748 e. The van der Waals surface area contributed by atoms with Crippen LogP contribution >= 0.6 is 0 Å². The summed E-state index contributed by atoms with van der Waals surface area (Å²) in [4.78, 5) is 22.6. The number of carbonyl (C=O) groups is 2. The SMILES string of the molecule is CCC(C)(C)C(=O)OCCOC(=O)NCCS(=O)(=O)[O-].[Na+]. The van der Waals surface area contributed by atoms with Gasteiger partial charge in [-0.2, -0.15) is 0 Å². The van der Waals surface area contributed by atoms with Crippen molar-refractivity contribution < 1.29 is 61.6 Å². The number of rotatable bonds is 8. The third-order valence-electron chi connectivity index (χ3n) is 2.61. The van der Waals surface area contributed by atoms with E-state index < -0.39 is 27.4 Å². The third-order valence-corrected chi connectivity index (χ3v) is 3.31. The van der Waals surface area contributed by atoms with E-state index in [0.717, 1.165) is 0 Å². The predicted octanol–water partition coefficient (Wildman–Crippen LogP) is -2.76. The Bertz CT molecular complexity index is 436. The average Bonchev–Trinajstić information content (AvgIpc) is 2.32. The van der Waals surface area contributed by atoms with E-state index in [4.69, 9.17) is 4.74 Å². The summed E-state index contributed by atoms with van der Waals surface area (Å²) in [5.41, 5.74) is -0.593. The number of esters is 1. The summed E-state index contributed by atoms with van der Waals surface area (Å²) in [6, 6.07) is 0. The molecule has 0 spiro atoms. The molecule has 0 bridgehead atoms. The second kappa shape index (κ2) is 10.4. The van der Waals surface area contributed by atoms with Crippen LogP contribution in [-0.2, 0) is 24.4 Å². The van der Waals surface area contributed by atoms with Crippen LogP contribution in [0.1, 0.15) is 27.2 Å². The molecule has 8 nitrogen and oxygen atoms in total.